The summed E-state index contributed by atoms with van der Waals surface area (Å²) >= 11 is 1.88. The second-order valence-corrected chi connectivity index (χ2v) is 6.10. The van der Waals surface area contributed by atoms with Gasteiger partial charge in [-0.25, -0.2) is 11.6 Å². The Kier molecular flexibility index (Phi) is 9.96. The topological polar surface area (TPSA) is 0 Å². The van der Waals surface area contributed by atoms with E-state index in [1.165, 1.54) is 16.0 Å². The quantitative estimate of drug-likeness (QED) is 0.477. The van der Waals surface area contributed by atoms with Crippen LogP contribution < -0.4 is 24.8 Å². The fourth-order valence-corrected chi connectivity index (χ4v) is 3.43. The summed E-state index contributed by atoms with van der Waals surface area (Å²) in [7, 11) is 0. The van der Waals surface area contributed by atoms with E-state index in [-0.39, 0.29) is 51.9 Å². The molecule has 0 nitrogen and oxygen atoms in total. The molecule has 1 heterocycles. The van der Waals surface area contributed by atoms with Gasteiger partial charge in [-0.2, -0.15) is 6.08 Å². The van der Waals surface area contributed by atoms with E-state index < -0.39 is 0 Å². The molecule has 0 saturated heterocycles. The van der Waals surface area contributed by atoms with Crippen molar-refractivity contribution in [3.8, 4) is 0 Å². The molecule has 2 rings (SSSR count). The third-order valence-corrected chi connectivity index (χ3v) is 4.51. The van der Waals surface area contributed by atoms with E-state index in [9.17, 15) is 0 Å². The number of hydrogen-bond donors (Lipinski definition) is 0. The van der Waals surface area contributed by atoms with Crippen molar-refractivity contribution in [3.63, 3.8) is 0 Å². The van der Waals surface area contributed by atoms with Gasteiger partial charge in [0.1, 0.15) is 0 Å². The molecule has 0 fully saturated rings. The Balaban J connectivity index is 0. The van der Waals surface area contributed by atoms with Crippen molar-refractivity contribution in [2.45, 2.75) is 45.4 Å². The molecule has 0 spiro atoms. The summed E-state index contributed by atoms with van der Waals surface area (Å²) in [4.78, 5) is 1.50. The average molecular weight is 350 g/mol. The Hall–Kier alpha value is 0.474. The van der Waals surface area contributed by atoms with Gasteiger partial charge in [0, 0.05) is 4.88 Å². The molecule has 0 N–H and O–H groups in total. The number of allylic oxidation sites excluding steroid dienone is 4. The van der Waals surface area contributed by atoms with Gasteiger partial charge in [-0.3, -0.25) is 6.08 Å². The number of thiophene rings is 1. The summed E-state index contributed by atoms with van der Waals surface area (Å²) in [6.07, 6.45) is 8.86. The Bertz CT molecular complexity index is 445. The van der Waals surface area contributed by atoms with Crippen LogP contribution in [0, 0.1) is 6.08 Å². The van der Waals surface area contributed by atoms with E-state index in [4.69, 9.17) is 0 Å². The zero-order chi connectivity index (χ0) is 11.8. The molecule has 4 heteroatoms. The monoisotopic (exact) mass is 349 g/mol. The molecule has 1 aromatic rings. The predicted octanol–water partition coefficient (Wildman–Crippen LogP) is -1.16. The molecule has 19 heavy (non-hydrogen) atoms. The fraction of sp³-hybridized carbons (Fsp3) is 0.467. The van der Waals surface area contributed by atoms with Crippen molar-refractivity contribution < 1.29 is 46.5 Å². The smallest absolute Gasteiger partial charge is 1.00 e. The van der Waals surface area contributed by atoms with Crippen LogP contribution in [0.5, 0.6) is 0 Å². The van der Waals surface area contributed by atoms with Gasteiger partial charge in [0.15, 0.2) is 0 Å². The first-order valence-electron chi connectivity index (χ1n) is 5.89. The summed E-state index contributed by atoms with van der Waals surface area (Å²) in [5.41, 5.74) is 2.95. The van der Waals surface area contributed by atoms with Gasteiger partial charge in [0.05, 0.1) is 0 Å². The Morgan fingerprint density at radius 2 is 1.89 bits per heavy atom. The third kappa shape index (κ3) is 4.47. The minimum absolute atomic E-state index is 0. The third-order valence-electron chi connectivity index (χ3n) is 3.25. The van der Waals surface area contributed by atoms with Gasteiger partial charge in [-0.1, -0.05) is 27.7 Å². The zero-order valence-corrected chi connectivity index (χ0v) is 15.6. The van der Waals surface area contributed by atoms with Gasteiger partial charge in [-0.15, -0.1) is 17.8 Å². The van der Waals surface area contributed by atoms with E-state index in [2.05, 4.69) is 57.4 Å². The molecule has 1 aromatic heterocycles. The van der Waals surface area contributed by atoms with Crippen LogP contribution >= 0.6 is 11.3 Å². The molecule has 0 aromatic carbocycles. The van der Waals surface area contributed by atoms with Gasteiger partial charge in [-0.05, 0) is 28.3 Å². The second kappa shape index (κ2) is 8.69. The van der Waals surface area contributed by atoms with Crippen molar-refractivity contribution in [3.05, 3.63) is 45.7 Å². The van der Waals surface area contributed by atoms with Crippen LogP contribution in [-0.2, 0) is 27.1 Å². The van der Waals surface area contributed by atoms with E-state index in [1.54, 1.807) is 0 Å². The number of hydrogen-bond acceptors (Lipinski definition) is 1. The molecule has 103 valence electrons. The first-order chi connectivity index (χ1) is 7.53. The summed E-state index contributed by atoms with van der Waals surface area (Å²) in [6, 6.07) is 2.27. The molecular weight excluding hydrogens is 331 g/mol. The molecule has 0 amide bonds. The molecule has 0 unspecified atom stereocenters. The summed E-state index contributed by atoms with van der Waals surface area (Å²) in [5, 5.41) is 2.21. The fourth-order valence-electron chi connectivity index (χ4n) is 2.24. The van der Waals surface area contributed by atoms with E-state index in [0.717, 1.165) is 6.42 Å². The molecule has 0 bridgehead atoms. The number of halogens is 2. The van der Waals surface area contributed by atoms with E-state index in [0.29, 0.717) is 5.92 Å². The van der Waals surface area contributed by atoms with Crippen molar-refractivity contribution >= 4 is 11.3 Å². The van der Waals surface area contributed by atoms with Crippen molar-refractivity contribution in [1.29, 1.82) is 0 Å². The van der Waals surface area contributed by atoms with Crippen LogP contribution in [0.15, 0.2) is 29.2 Å². The van der Waals surface area contributed by atoms with Gasteiger partial charge in [0.25, 0.3) is 0 Å². The minimum Gasteiger partial charge on any atom is -1.00 e. The first kappa shape index (κ1) is 21.8. The Labute approximate surface area is 148 Å². The SMILES string of the molecule is CC(C)c1ccsc1C(C)(C)C1=[C-]CC=C1.[Cl-].[Cl-].[Ti+3]. The average Bonchev–Trinajstić information content (AvgIpc) is 2.89. The molecule has 1 radical (unpaired) electrons. The van der Waals surface area contributed by atoms with Crippen LogP contribution in [0.25, 0.3) is 0 Å². The summed E-state index contributed by atoms with van der Waals surface area (Å²) in [6.45, 7) is 9.15. The normalized spacial score (nSPS) is 13.4. The van der Waals surface area contributed by atoms with Gasteiger partial charge >= 0.3 is 21.7 Å². The molecular formula is C15H19Cl2STi. The van der Waals surface area contributed by atoms with Crippen LogP contribution in [0.4, 0.5) is 0 Å². The summed E-state index contributed by atoms with van der Waals surface area (Å²) < 4.78 is 0. The maximum Gasteiger partial charge on any atom is 3.00 e. The van der Waals surface area contributed by atoms with Gasteiger partial charge < -0.3 is 24.8 Å². The van der Waals surface area contributed by atoms with E-state index in [1.807, 2.05) is 11.3 Å². The molecule has 1 aliphatic carbocycles. The van der Waals surface area contributed by atoms with Crippen LogP contribution in [0.2, 0.25) is 0 Å². The first-order valence-corrected chi connectivity index (χ1v) is 6.77. The van der Waals surface area contributed by atoms with E-state index >= 15 is 0 Å². The zero-order valence-electron chi connectivity index (χ0n) is 11.8. The molecule has 0 saturated carbocycles. The van der Waals surface area contributed by atoms with Crippen molar-refractivity contribution in [1.82, 2.24) is 0 Å². The Morgan fingerprint density at radius 3 is 2.37 bits per heavy atom. The molecule has 0 aliphatic heterocycles. The maximum absolute atomic E-state index is 3.46. The number of rotatable bonds is 3. The standard InChI is InChI=1S/C15H19S.2ClH.Ti/c1-11(2)13-9-10-16-14(13)15(3,4)12-7-5-6-8-12;;;/h5,7,9-11H,6H2,1-4H3;2*1H;/q-1;;;+3/p-2. The predicted molar refractivity (Wildman–Crippen MR) is 71.9 cm³/mol. The Morgan fingerprint density at radius 1 is 1.26 bits per heavy atom. The van der Waals surface area contributed by atoms with Crippen LogP contribution in [0.1, 0.15) is 50.5 Å². The van der Waals surface area contributed by atoms with Crippen molar-refractivity contribution in [2.24, 2.45) is 0 Å². The van der Waals surface area contributed by atoms with Crippen molar-refractivity contribution in [2.75, 3.05) is 0 Å². The minimum atomic E-state index is 0. The van der Waals surface area contributed by atoms with Gasteiger partial charge in [0.2, 0.25) is 0 Å². The maximum atomic E-state index is 3.46. The largest absolute Gasteiger partial charge is 3.00 e. The molecule has 1 aliphatic rings. The van der Waals surface area contributed by atoms with Crippen LogP contribution in [-0.4, -0.2) is 0 Å². The molecule has 0 atom stereocenters. The summed E-state index contributed by atoms with van der Waals surface area (Å²) in [5.74, 6) is 0.603. The van der Waals surface area contributed by atoms with Crippen LogP contribution in [0.3, 0.4) is 0 Å². The second-order valence-electron chi connectivity index (χ2n) is 5.18.